The molecule has 0 aliphatic carbocycles. The molecule has 2 aromatic rings. The lowest BCUT2D eigenvalue weighted by atomic mass is 10.2. The fourth-order valence-electron chi connectivity index (χ4n) is 2.60. The Morgan fingerprint density at radius 2 is 2.00 bits per heavy atom. The van der Waals surface area contributed by atoms with Gasteiger partial charge in [-0.05, 0) is 55.7 Å². The number of pyridine rings is 1. The van der Waals surface area contributed by atoms with Crippen molar-refractivity contribution >= 4 is 33.2 Å². The van der Waals surface area contributed by atoms with Crippen LogP contribution in [-0.4, -0.2) is 24.0 Å². The second kappa shape index (κ2) is 6.48. The van der Waals surface area contributed by atoms with Gasteiger partial charge in [0.2, 0.25) is 0 Å². The number of anilines is 2. The lowest BCUT2D eigenvalue weighted by Gasteiger charge is -2.17. The van der Waals surface area contributed by atoms with Gasteiger partial charge in [0.1, 0.15) is 5.69 Å². The van der Waals surface area contributed by atoms with E-state index in [0.717, 1.165) is 34.5 Å². The molecule has 1 saturated heterocycles. The molecule has 2 heterocycles. The van der Waals surface area contributed by atoms with E-state index in [1.54, 1.807) is 12.3 Å². The summed E-state index contributed by atoms with van der Waals surface area (Å²) in [6.45, 7) is 4.14. The Labute approximate surface area is 138 Å². The Balaban J connectivity index is 1.70. The molecular weight excluding hydrogens is 342 g/mol. The summed E-state index contributed by atoms with van der Waals surface area (Å²) in [6, 6.07) is 9.48. The van der Waals surface area contributed by atoms with Crippen molar-refractivity contribution < 1.29 is 4.79 Å². The van der Waals surface area contributed by atoms with Crippen LogP contribution in [0.4, 0.5) is 11.4 Å². The molecule has 1 fully saturated rings. The van der Waals surface area contributed by atoms with Crippen molar-refractivity contribution in [3.63, 3.8) is 0 Å². The molecule has 1 amide bonds. The highest BCUT2D eigenvalue weighted by molar-refractivity contribution is 9.10. The van der Waals surface area contributed by atoms with Crippen molar-refractivity contribution in [1.82, 2.24) is 4.98 Å². The van der Waals surface area contributed by atoms with Crippen LogP contribution in [0.15, 0.2) is 41.0 Å². The first-order chi connectivity index (χ1) is 10.6. The first-order valence-corrected chi connectivity index (χ1v) is 8.21. The normalized spacial score (nSPS) is 14.2. The molecule has 0 bridgehead atoms. The van der Waals surface area contributed by atoms with E-state index in [9.17, 15) is 4.79 Å². The minimum atomic E-state index is -0.185. The minimum Gasteiger partial charge on any atom is -0.370 e. The van der Waals surface area contributed by atoms with Crippen LogP contribution >= 0.6 is 15.9 Å². The average molecular weight is 360 g/mol. The van der Waals surface area contributed by atoms with Crippen LogP contribution in [0.3, 0.4) is 0 Å². The summed E-state index contributed by atoms with van der Waals surface area (Å²) >= 11 is 3.45. The standard InChI is InChI=1S/C17H18BrN3O/c1-12-10-13(4-6-15(12)18)20-17(22)16-7-5-14(11-19-16)21-8-2-3-9-21/h4-7,10-11H,2-3,8-9H2,1H3,(H,20,22). The van der Waals surface area contributed by atoms with Gasteiger partial charge in [0.05, 0.1) is 11.9 Å². The number of carbonyl (C=O) groups excluding carboxylic acids is 1. The molecule has 1 N–H and O–H groups in total. The monoisotopic (exact) mass is 359 g/mol. The number of aryl methyl sites for hydroxylation is 1. The van der Waals surface area contributed by atoms with E-state index in [1.165, 1.54) is 12.8 Å². The largest absolute Gasteiger partial charge is 0.370 e. The van der Waals surface area contributed by atoms with Gasteiger partial charge >= 0.3 is 0 Å². The number of nitrogens with one attached hydrogen (secondary N) is 1. The number of hydrogen-bond acceptors (Lipinski definition) is 3. The highest BCUT2D eigenvalue weighted by Crippen LogP contribution is 2.21. The number of hydrogen-bond donors (Lipinski definition) is 1. The fraction of sp³-hybridized carbons (Fsp3) is 0.294. The van der Waals surface area contributed by atoms with E-state index in [-0.39, 0.29) is 5.91 Å². The maximum absolute atomic E-state index is 12.2. The summed E-state index contributed by atoms with van der Waals surface area (Å²) in [4.78, 5) is 18.8. The van der Waals surface area contributed by atoms with Gasteiger partial charge in [-0.25, -0.2) is 4.98 Å². The first kappa shape index (κ1) is 15.0. The fourth-order valence-corrected chi connectivity index (χ4v) is 2.85. The van der Waals surface area contributed by atoms with E-state index in [2.05, 4.69) is 31.1 Å². The van der Waals surface area contributed by atoms with Crippen LogP contribution in [0.1, 0.15) is 28.9 Å². The van der Waals surface area contributed by atoms with Crippen LogP contribution in [-0.2, 0) is 0 Å². The van der Waals surface area contributed by atoms with Crippen molar-refractivity contribution in [3.05, 3.63) is 52.3 Å². The van der Waals surface area contributed by atoms with Crippen LogP contribution in [0, 0.1) is 6.92 Å². The van der Waals surface area contributed by atoms with Gasteiger partial charge in [-0.1, -0.05) is 15.9 Å². The number of carbonyl (C=O) groups is 1. The zero-order valence-corrected chi connectivity index (χ0v) is 14.1. The quantitative estimate of drug-likeness (QED) is 0.900. The van der Waals surface area contributed by atoms with Crippen LogP contribution in [0.25, 0.3) is 0 Å². The molecule has 0 unspecified atom stereocenters. The molecule has 114 valence electrons. The summed E-state index contributed by atoms with van der Waals surface area (Å²) in [5.41, 5.74) is 3.38. The SMILES string of the molecule is Cc1cc(NC(=O)c2ccc(N3CCCC3)cn2)ccc1Br. The number of aromatic nitrogens is 1. The van der Waals surface area contributed by atoms with E-state index >= 15 is 0 Å². The van der Waals surface area contributed by atoms with Crippen molar-refractivity contribution in [2.75, 3.05) is 23.3 Å². The molecular formula is C17H18BrN3O. The second-order valence-corrected chi connectivity index (χ2v) is 6.37. The first-order valence-electron chi connectivity index (χ1n) is 7.42. The van der Waals surface area contributed by atoms with Crippen molar-refractivity contribution in [1.29, 1.82) is 0 Å². The minimum absolute atomic E-state index is 0.185. The molecule has 1 aliphatic heterocycles. The van der Waals surface area contributed by atoms with Gasteiger partial charge in [-0.2, -0.15) is 0 Å². The lowest BCUT2D eigenvalue weighted by Crippen LogP contribution is -2.19. The molecule has 1 aliphatic rings. The van der Waals surface area contributed by atoms with Gasteiger partial charge in [0.15, 0.2) is 0 Å². The van der Waals surface area contributed by atoms with Crippen LogP contribution in [0.2, 0.25) is 0 Å². The third-order valence-electron chi connectivity index (χ3n) is 3.87. The molecule has 0 atom stereocenters. The number of nitrogens with zero attached hydrogens (tertiary/aromatic N) is 2. The van der Waals surface area contributed by atoms with Crippen LogP contribution in [0.5, 0.6) is 0 Å². The number of benzene rings is 1. The molecule has 4 nitrogen and oxygen atoms in total. The highest BCUT2D eigenvalue weighted by Gasteiger charge is 2.14. The average Bonchev–Trinajstić information content (AvgIpc) is 3.05. The third-order valence-corrected chi connectivity index (χ3v) is 4.76. The zero-order chi connectivity index (χ0) is 15.5. The Kier molecular flexibility index (Phi) is 4.43. The zero-order valence-electron chi connectivity index (χ0n) is 12.5. The molecule has 0 radical (unpaired) electrons. The third kappa shape index (κ3) is 3.30. The Morgan fingerprint density at radius 3 is 2.64 bits per heavy atom. The predicted molar refractivity (Wildman–Crippen MR) is 92.5 cm³/mol. The topological polar surface area (TPSA) is 45.2 Å². The van der Waals surface area contributed by atoms with Gasteiger partial charge < -0.3 is 10.2 Å². The molecule has 3 rings (SSSR count). The maximum atomic E-state index is 12.2. The van der Waals surface area contributed by atoms with Gasteiger partial charge in [0.25, 0.3) is 5.91 Å². The molecule has 1 aromatic heterocycles. The second-order valence-electron chi connectivity index (χ2n) is 5.51. The lowest BCUT2D eigenvalue weighted by molar-refractivity contribution is 0.102. The Bertz CT molecular complexity index is 679. The number of rotatable bonds is 3. The summed E-state index contributed by atoms with van der Waals surface area (Å²) in [5.74, 6) is -0.185. The molecule has 5 heteroatoms. The van der Waals surface area contributed by atoms with Gasteiger partial charge in [-0.3, -0.25) is 4.79 Å². The van der Waals surface area contributed by atoms with Gasteiger partial charge in [0, 0.05) is 23.2 Å². The van der Waals surface area contributed by atoms with Crippen LogP contribution < -0.4 is 10.2 Å². The molecule has 0 spiro atoms. The smallest absolute Gasteiger partial charge is 0.274 e. The number of halogens is 1. The van der Waals surface area contributed by atoms with Gasteiger partial charge in [-0.15, -0.1) is 0 Å². The molecule has 0 saturated carbocycles. The summed E-state index contributed by atoms with van der Waals surface area (Å²) in [5, 5.41) is 2.88. The molecule has 22 heavy (non-hydrogen) atoms. The van der Waals surface area contributed by atoms with E-state index < -0.39 is 0 Å². The number of amides is 1. The van der Waals surface area contributed by atoms with Crippen molar-refractivity contribution in [3.8, 4) is 0 Å². The Morgan fingerprint density at radius 1 is 1.23 bits per heavy atom. The predicted octanol–water partition coefficient (Wildman–Crippen LogP) is 4.01. The summed E-state index contributed by atoms with van der Waals surface area (Å²) in [6.07, 6.45) is 4.24. The summed E-state index contributed by atoms with van der Waals surface area (Å²) in [7, 11) is 0. The Hall–Kier alpha value is -1.88. The van der Waals surface area contributed by atoms with Crippen molar-refractivity contribution in [2.45, 2.75) is 19.8 Å². The van der Waals surface area contributed by atoms with E-state index in [4.69, 9.17) is 0 Å². The maximum Gasteiger partial charge on any atom is 0.274 e. The molecule has 1 aromatic carbocycles. The summed E-state index contributed by atoms with van der Waals surface area (Å²) < 4.78 is 1.03. The van der Waals surface area contributed by atoms with Crippen molar-refractivity contribution in [2.24, 2.45) is 0 Å². The van der Waals surface area contributed by atoms with E-state index in [0.29, 0.717) is 5.69 Å². The van der Waals surface area contributed by atoms with E-state index in [1.807, 2.05) is 31.2 Å². The highest BCUT2D eigenvalue weighted by atomic mass is 79.9.